The van der Waals surface area contributed by atoms with Crippen LogP contribution in [0, 0.1) is 11.6 Å². The highest BCUT2D eigenvalue weighted by molar-refractivity contribution is 7.15. The number of rotatable bonds is 2. The van der Waals surface area contributed by atoms with Crippen molar-refractivity contribution in [3.8, 4) is 0 Å². The van der Waals surface area contributed by atoms with Crippen LogP contribution in [0.5, 0.6) is 0 Å². The molecule has 1 aromatic carbocycles. The quantitative estimate of drug-likeness (QED) is 0.909. The van der Waals surface area contributed by atoms with Crippen molar-refractivity contribution in [1.29, 1.82) is 0 Å². The fraction of sp³-hybridized carbons (Fsp3) is 0.250. The van der Waals surface area contributed by atoms with Gasteiger partial charge < -0.3 is 10.6 Å². The zero-order valence-electron chi connectivity index (χ0n) is 9.49. The van der Waals surface area contributed by atoms with Gasteiger partial charge in [-0.25, -0.2) is 13.8 Å². The molecule has 3 rings (SSSR count). The second-order valence-electron chi connectivity index (χ2n) is 4.22. The number of halogens is 2. The lowest BCUT2D eigenvalue weighted by atomic mass is 10.1. The minimum absolute atomic E-state index is 0.462. The number of benzene rings is 1. The lowest BCUT2D eigenvalue weighted by Gasteiger charge is -2.18. The third kappa shape index (κ3) is 1.92. The number of hydrogen-bond donors (Lipinski definition) is 1. The monoisotopic (exact) mass is 267 g/mol. The van der Waals surface area contributed by atoms with E-state index in [1.807, 2.05) is 4.90 Å². The molecule has 0 unspecified atom stereocenters. The molecule has 0 fully saturated rings. The van der Waals surface area contributed by atoms with Crippen LogP contribution in [0.2, 0.25) is 0 Å². The van der Waals surface area contributed by atoms with Crippen LogP contribution in [-0.2, 0) is 13.0 Å². The van der Waals surface area contributed by atoms with Crippen LogP contribution in [0.4, 0.5) is 19.6 Å². The number of fused-ring (bicyclic) bond motifs is 1. The number of nitrogens with zero attached hydrogens (tertiary/aromatic N) is 2. The Morgan fingerprint density at radius 3 is 2.94 bits per heavy atom. The first-order chi connectivity index (χ1) is 8.63. The SMILES string of the molecule is Nc1ncc(CN2CCc3c(F)cc(F)cc32)s1. The predicted octanol–water partition coefficient (Wildman–Crippen LogP) is 2.57. The first-order valence-corrected chi connectivity index (χ1v) is 6.38. The summed E-state index contributed by atoms with van der Waals surface area (Å²) in [5.74, 6) is -1.00. The zero-order valence-corrected chi connectivity index (χ0v) is 10.3. The van der Waals surface area contributed by atoms with Gasteiger partial charge in [-0.2, -0.15) is 0 Å². The molecule has 0 atom stereocenters. The molecule has 1 aliphatic heterocycles. The molecular weight excluding hydrogens is 256 g/mol. The highest BCUT2D eigenvalue weighted by Crippen LogP contribution is 2.33. The fourth-order valence-corrected chi connectivity index (χ4v) is 2.93. The number of hydrogen-bond acceptors (Lipinski definition) is 4. The maximum Gasteiger partial charge on any atom is 0.180 e. The molecule has 6 heteroatoms. The maximum atomic E-state index is 13.6. The highest BCUT2D eigenvalue weighted by atomic mass is 32.1. The predicted molar refractivity (Wildman–Crippen MR) is 67.6 cm³/mol. The Hall–Kier alpha value is -1.69. The minimum atomic E-state index is -0.540. The van der Waals surface area contributed by atoms with Gasteiger partial charge in [-0.3, -0.25) is 0 Å². The molecule has 0 spiro atoms. The standard InChI is InChI=1S/C12H11F2N3S/c13-7-3-10(14)9-1-2-17(11(9)4-7)6-8-5-16-12(15)18-8/h3-5H,1-2,6H2,(H2,15,16). The third-order valence-corrected chi connectivity index (χ3v) is 3.84. The number of nitrogens with two attached hydrogens (primary N) is 1. The second kappa shape index (κ2) is 4.20. The van der Waals surface area contributed by atoms with Crippen molar-refractivity contribution < 1.29 is 8.78 Å². The molecule has 0 bridgehead atoms. The molecule has 94 valence electrons. The Labute approximate surface area is 107 Å². The van der Waals surface area contributed by atoms with Gasteiger partial charge in [-0.1, -0.05) is 0 Å². The molecule has 0 radical (unpaired) electrons. The summed E-state index contributed by atoms with van der Waals surface area (Å²) in [4.78, 5) is 6.91. The Balaban J connectivity index is 1.90. The van der Waals surface area contributed by atoms with Gasteiger partial charge in [0.1, 0.15) is 11.6 Å². The van der Waals surface area contributed by atoms with Crippen LogP contribution in [0.3, 0.4) is 0 Å². The summed E-state index contributed by atoms with van der Waals surface area (Å²) in [6.07, 6.45) is 2.31. The van der Waals surface area contributed by atoms with E-state index in [0.29, 0.717) is 35.9 Å². The molecule has 0 saturated carbocycles. The van der Waals surface area contributed by atoms with Crippen molar-refractivity contribution in [1.82, 2.24) is 4.98 Å². The minimum Gasteiger partial charge on any atom is -0.375 e. The summed E-state index contributed by atoms with van der Waals surface area (Å²) >= 11 is 1.40. The Bertz CT molecular complexity index is 597. The van der Waals surface area contributed by atoms with Crippen molar-refractivity contribution >= 4 is 22.2 Å². The topological polar surface area (TPSA) is 42.1 Å². The van der Waals surface area contributed by atoms with Gasteiger partial charge in [-0.05, 0) is 12.5 Å². The van der Waals surface area contributed by atoms with Gasteiger partial charge in [0, 0.05) is 34.9 Å². The normalized spacial score (nSPS) is 14.0. The van der Waals surface area contributed by atoms with Gasteiger partial charge in [0.2, 0.25) is 0 Å². The van der Waals surface area contributed by atoms with E-state index in [9.17, 15) is 8.78 Å². The largest absolute Gasteiger partial charge is 0.375 e. The summed E-state index contributed by atoms with van der Waals surface area (Å²) in [7, 11) is 0. The van der Waals surface area contributed by atoms with Crippen LogP contribution in [0.1, 0.15) is 10.4 Å². The molecule has 3 nitrogen and oxygen atoms in total. The molecule has 2 heterocycles. The maximum absolute atomic E-state index is 13.6. The molecule has 1 aromatic heterocycles. The Morgan fingerprint density at radius 2 is 2.22 bits per heavy atom. The Morgan fingerprint density at radius 1 is 1.39 bits per heavy atom. The lowest BCUT2D eigenvalue weighted by Crippen LogP contribution is -2.19. The number of thiazole rings is 1. The van der Waals surface area contributed by atoms with Crippen molar-refractivity contribution in [2.45, 2.75) is 13.0 Å². The van der Waals surface area contributed by atoms with Crippen LogP contribution >= 0.6 is 11.3 Å². The first-order valence-electron chi connectivity index (χ1n) is 5.56. The molecule has 0 saturated heterocycles. The summed E-state index contributed by atoms with van der Waals surface area (Å²) < 4.78 is 26.8. The van der Waals surface area contributed by atoms with E-state index in [4.69, 9.17) is 5.73 Å². The van der Waals surface area contributed by atoms with Crippen LogP contribution in [0.25, 0.3) is 0 Å². The third-order valence-electron chi connectivity index (χ3n) is 3.03. The van der Waals surface area contributed by atoms with Gasteiger partial charge in [-0.15, -0.1) is 11.3 Å². The summed E-state index contributed by atoms with van der Waals surface area (Å²) in [5.41, 5.74) is 6.79. The van der Waals surface area contributed by atoms with E-state index >= 15 is 0 Å². The fourth-order valence-electron chi connectivity index (χ4n) is 2.23. The van der Waals surface area contributed by atoms with Gasteiger partial charge in [0.15, 0.2) is 5.13 Å². The van der Waals surface area contributed by atoms with E-state index in [0.717, 1.165) is 10.9 Å². The van der Waals surface area contributed by atoms with Crippen molar-refractivity contribution in [2.75, 3.05) is 17.2 Å². The van der Waals surface area contributed by atoms with E-state index in [1.165, 1.54) is 17.4 Å². The van der Waals surface area contributed by atoms with Crippen molar-refractivity contribution in [3.05, 3.63) is 40.4 Å². The van der Waals surface area contributed by atoms with Crippen LogP contribution < -0.4 is 10.6 Å². The highest BCUT2D eigenvalue weighted by Gasteiger charge is 2.23. The van der Waals surface area contributed by atoms with Crippen LogP contribution in [-0.4, -0.2) is 11.5 Å². The van der Waals surface area contributed by atoms with E-state index in [-0.39, 0.29) is 0 Å². The van der Waals surface area contributed by atoms with Crippen molar-refractivity contribution in [2.24, 2.45) is 0 Å². The average Bonchev–Trinajstić information content (AvgIpc) is 2.87. The molecular formula is C12H11F2N3S. The molecule has 1 aliphatic rings. The van der Waals surface area contributed by atoms with Gasteiger partial charge in [0.05, 0.1) is 6.54 Å². The molecule has 18 heavy (non-hydrogen) atoms. The zero-order chi connectivity index (χ0) is 12.7. The van der Waals surface area contributed by atoms with Crippen molar-refractivity contribution in [3.63, 3.8) is 0 Å². The summed E-state index contributed by atoms with van der Waals surface area (Å²) in [6, 6.07) is 2.32. The summed E-state index contributed by atoms with van der Waals surface area (Å²) in [5, 5.41) is 0.509. The van der Waals surface area contributed by atoms with Crippen LogP contribution in [0.15, 0.2) is 18.3 Å². The van der Waals surface area contributed by atoms with Gasteiger partial charge in [0.25, 0.3) is 0 Å². The van der Waals surface area contributed by atoms with E-state index in [2.05, 4.69) is 4.98 Å². The number of nitrogen functional groups attached to an aromatic ring is 1. The van der Waals surface area contributed by atoms with Gasteiger partial charge >= 0.3 is 0 Å². The second-order valence-corrected chi connectivity index (χ2v) is 5.37. The molecule has 2 aromatic rings. The lowest BCUT2D eigenvalue weighted by molar-refractivity contribution is 0.577. The molecule has 0 amide bonds. The van der Waals surface area contributed by atoms with E-state index in [1.54, 1.807) is 6.20 Å². The summed E-state index contributed by atoms with van der Waals surface area (Å²) in [6.45, 7) is 1.28. The molecule has 0 aliphatic carbocycles. The smallest absolute Gasteiger partial charge is 0.180 e. The van der Waals surface area contributed by atoms with E-state index < -0.39 is 11.6 Å². The first kappa shape index (κ1) is 11.4. The number of anilines is 2. The molecule has 2 N–H and O–H groups in total. The average molecular weight is 267 g/mol. The number of aromatic nitrogens is 1. The Kier molecular flexibility index (Phi) is 2.66.